The first-order chi connectivity index (χ1) is 10.0. The average Bonchev–Trinajstić information content (AvgIpc) is 2.39. The van der Waals surface area contributed by atoms with Gasteiger partial charge >= 0.3 is 12.4 Å². The second kappa shape index (κ2) is 5.39. The van der Waals surface area contributed by atoms with Crippen LogP contribution in [0.3, 0.4) is 0 Å². The Hall–Kier alpha value is -1.89. The summed E-state index contributed by atoms with van der Waals surface area (Å²) in [5, 5.41) is -0.457. The Morgan fingerprint density at radius 1 is 0.818 bits per heavy atom. The number of alkyl halides is 6. The van der Waals surface area contributed by atoms with E-state index in [1.165, 1.54) is 6.07 Å². The Balaban J connectivity index is 2.73. The molecule has 0 amide bonds. The van der Waals surface area contributed by atoms with Crippen molar-refractivity contribution in [2.24, 2.45) is 0 Å². The molecule has 8 heteroatoms. The van der Waals surface area contributed by atoms with E-state index in [0.717, 1.165) is 24.3 Å². The van der Waals surface area contributed by atoms with E-state index in [9.17, 15) is 26.3 Å². The predicted molar refractivity (Wildman–Crippen MR) is 71.3 cm³/mol. The van der Waals surface area contributed by atoms with Crippen molar-refractivity contribution >= 4 is 17.3 Å². The Labute approximate surface area is 126 Å². The van der Waals surface area contributed by atoms with Crippen LogP contribution in [0.25, 0.3) is 11.1 Å². The van der Waals surface area contributed by atoms with Crippen LogP contribution in [-0.4, -0.2) is 0 Å². The van der Waals surface area contributed by atoms with Gasteiger partial charge < -0.3 is 5.73 Å². The van der Waals surface area contributed by atoms with Gasteiger partial charge in [-0.15, -0.1) is 0 Å². The number of halogens is 7. The zero-order valence-corrected chi connectivity index (χ0v) is 11.4. The van der Waals surface area contributed by atoms with Crippen LogP contribution in [0.1, 0.15) is 11.1 Å². The molecular weight excluding hydrogens is 332 g/mol. The largest absolute Gasteiger partial charge is 0.418 e. The molecule has 2 aromatic rings. The maximum atomic E-state index is 13.0. The highest BCUT2D eigenvalue weighted by molar-refractivity contribution is 6.33. The van der Waals surface area contributed by atoms with Gasteiger partial charge in [0.15, 0.2) is 0 Å². The lowest BCUT2D eigenvalue weighted by atomic mass is 9.97. The van der Waals surface area contributed by atoms with Gasteiger partial charge in [0.2, 0.25) is 0 Å². The van der Waals surface area contributed by atoms with Gasteiger partial charge in [-0.25, -0.2) is 0 Å². The van der Waals surface area contributed by atoms with Gasteiger partial charge in [0.05, 0.1) is 21.8 Å². The number of hydrogen-bond donors (Lipinski definition) is 1. The third kappa shape index (κ3) is 3.14. The molecule has 2 aromatic carbocycles. The summed E-state index contributed by atoms with van der Waals surface area (Å²) in [7, 11) is 0. The lowest BCUT2D eigenvalue weighted by molar-refractivity contribution is -0.137. The van der Waals surface area contributed by atoms with Crippen molar-refractivity contribution in [2.45, 2.75) is 12.4 Å². The molecule has 2 rings (SSSR count). The summed E-state index contributed by atoms with van der Waals surface area (Å²) < 4.78 is 77.6. The van der Waals surface area contributed by atoms with Crippen molar-refractivity contribution in [1.29, 1.82) is 0 Å². The molecule has 0 atom stereocenters. The van der Waals surface area contributed by atoms with Gasteiger partial charge in [-0.05, 0) is 29.3 Å². The fourth-order valence-electron chi connectivity index (χ4n) is 1.99. The molecule has 0 spiro atoms. The zero-order valence-electron chi connectivity index (χ0n) is 10.7. The van der Waals surface area contributed by atoms with E-state index in [1.54, 1.807) is 0 Å². The third-order valence-electron chi connectivity index (χ3n) is 2.98. The fraction of sp³-hybridized carbons (Fsp3) is 0.143. The van der Waals surface area contributed by atoms with Gasteiger partial charge in [0, 0.05) is 0 Å². The molecule has 0 unspecified atom stereocenters. The molecule has 22 heavy (non-hydrogen) atoms. The molecule has 0 aliphatic carbocycles. The van der Waals surface area contributed by atoms with Gasteiger partial charge in [-0.1, -0.05) is 29.8 Å². The third-order valence-corrected chi connectivity index (χ3v) is 3.29. The van der Waals surface area contributed by atoms with E-state index >= 15 is 0 Å². The van der Waals surface area contributed by atoms with E-state index in [2.05, 4.69) is 0 Å². The molecule has 0 saturated heterocycles. The number of nitrogen functional groups attached to an aromatic ring is 1. The summed E-state index contributed by atoms with van der Waals surface area (Å²) in [6.07, 6.45) is -9.53. The predicted octanol–water partition coefficient (Wildman–Crippen LogP) is 5.63. The molecule has 1 nitrogen and oxygen atoms in total. The second-order valence-corrected chi connectivity index (χ2v) is 4.87. The Morgan fingerprint density at radius 2 is 1.36 bits per heavy atom. The number of hydrogen-bond acceptors (Lipinski definition) is 1. The molecule has 0 aromatic heterocycles. The molecule has 0 bridgehead atoms. The van der Waals surface area contributed by atoms with Crippen molar-refractivity contribution in [1.82, 2.24) is 0 Å². The Morgan fingerprint density at radius 3 is 1.91 bits per heavy atom. The van der Waals surface area contributed by atoms with Crippen molar-refractivity contribution in [3.8, 4) is 11.1 Å². The highest BCUT2D eigenvalue weighted by atomic mass is 35.5. The summed E-state index contributed by atoms with van der Waals surface area (Å²) in [4.78, 5) is 0. The van der Waals surface area contributed by atoms with Gasteiger partial charge in [0.1, 0.15) is 0 Å². The Bertz CT molecular complexity index is 705. The molecule has 118 valence electrons. The van der Waals surface area contributed by atoms with Gasteiger partial charge in [-0.3, -0.25) is 0 Å². The van der Waals surface area contributed by atoms with Crippen LogP contribution >= 0.6 is 11.6 Å². The average molecular weight is 340 g/mol. The van der Waals surface area contributed by atoms with Crippen LogP contribution in [-0.2, 0) is 12.4 Å². The van der Waals surface area contributed by atoms with Crippen molar-refractivity contribution in [3.63, 3.8) is 0 Å². The molecule has 2 N–H and O–H groups in total. The van der Waals surface area contributed by atoms with Crippen LogP contribution in [0.4, 0.5) is 32.0 Å². The van der Waals surface area contributed by atoms with Gasteiger partial charge in [-0.2, -0.15) is 26.3 Å². The highest BCUT2D eigenvalue weighted by Gasteiger charge is 2.36. The van der Waals surface area contributed by atoms with Crippen LogP contribution in [0, 0.1) is 0 Å². The van der Waals surface area contributed by atoms with Crippen LogP contribution in [0.5, 0.6) is 0 Å². The lowest BCUT2D eigenvalue weighted by Gasteiger charge is -2.16. The monoisotopic (exact) mass is 339 g/mol. The van der Waals surface area contributed by atoms with Crippen LogP contribution in [0.2, 0.25) is 5.02 Å². The quantitative estimate of drug-likeness (QED) is 0.529. The molecule has 0 heterocycles. The fourth-order valence-corrected chi connectivity index (χ4v) is 2.21. The maximum absolute atomic E-state index is 13.0. The minimum atomic E-state index is -4.82. The molecule has 0 fully saturated rings. The van der Waals surface area contributed by atoms with E-state index in [1.807, 2.05) is 0 Å². The number of anilines is 1. The summed E-state index contributed by atoms with van der Waals surface area (Å²) in [5.41, 5.74) is 1.52. The highest BCUT2D eigenvalue weighted by Crippen LogP contribution is 2.43. The smallest absolute Gasteiger partial charge is 0.397 e. The topological polar surface area (TPSA) is 26.0 Å². The maximum Gasteiger partial charge on any atom is 0.418 e. The molecular formula is C14H8ClF6N. The normalized spacial score (nSPS) is 12.5. The molecule has 0 saturated carbocycles. The second-order valence-electron chi connectivity index (χ2n) is 4.46. The molecule has 0 aliphatic heterocycles. The molecule has 0 aliphatic rings. The van der Waals surface area contributed by atoms with E-state index in [4.69, 9.17) is 17.3 Å². The summed E-state index contributed by atoms with van der Waals surface area (Å²) in [6.45, 7) is 0. The summed E-state index contributed by atoms with van der Waals surface area (Å²) in [5.74, 6) is 0. The Kier molecular flexibility index (Phi) is 4.04. The number of benzene rings is 2. The number of rotatable bonds is 1. The summed E-state index contributed by atoms with van der Waals surface area (Å²) in [6, 6.07) is 5.85. The number of nitrogens with two attached hydrogens (primary N) is 1. The first-order valence-corrected chi connectivity index (χ1v) is 6.22. The first kappa shape index (κ1) is 16.5. The van der Waals surface area contributed by atoms with Gasteiger partial charge in [0.25, 0.3) is 0 Å². The standard InChI is InChI=1S/C14H8ClF6N/c15-11-6-7(5-10(12(11)22)14(19,20)21)8-3-1-2-4-9(8)13(16,17)18/h1-6H,22H2. The van der Waals surface area contributed by atoms with E-state index < -0.39 is 39.8 Å². The van der Waals surface area contributed by atoms with E-state index in [0.29, 0.717) is 6.07 Å². The first-order valence-electron chi connectivity index (χ1n) is 5.84. The van der Waals surface area contributed by atoms with Crippen LogP contribution < -0.4 is 5.73 Å². The van der Waals surface area contributed by atoms with Crippen LogP contribution in [0.15, 0.2) is 36.4 Å². The summed E-state index contributed by atoms with van der Waals surface area (Å²) >= 11 is 5.64. The SMILES string of the molecule is Nc1c(Cl)cc(-c2ccccc2C(F)(F)F)cc1C(F)(F)F. The minimum absolute atomic E-state index is 0.306. The lowest BCUT2D eigenvalue weighted by Crippen LogP contribution is -2.11. The minimum Gasteiger partial charge on any atom is -0.397 e. The van der Waals surface area contributed by atoms with E-state index in [-0.39, 0.29) is 5.56 Å². The van der Waals surface area contributed by atoms with Crippen molar-refractivity contribution in [2.75, 3.05) is 5.73 Å². The van der Waals surface area contributed by atoms with Crippen molar-refractivity contribution < 1.29 is 26.3 Å². The zero-order chi connectivity index (χ0) is 16.7. The van der Waals surface area contributed by atoms with Crippen molar-refractivity contribution in [3.05, 3.63) is 52.5 Å². The molecule has 0 radical (unpaired) electrons.